The Hall–Kier alpha value is -0.720. The molecule has 0 aliphatic rings. The monoisotopic (exact) mass is 322 g/mol. The summed E-state index contributed by atoms with van der Waals surface area (Å²) < 4.78 is 0.742. The number of nitrogens with two attached hydrogens (primary N) is 1. The number of aromatic nitrogens is 1. The minimum atomic E-state index is 0.368. The van der Waals surface area contributed by atoms with Gasteiger partial charge in [-0.1, -0.05) is 34.8 Å². The molecule has 0 aromatic carbocycles. The molecular weight excluding hydrogens is 315 g/mol. The Morgan fingerprint density at radius 3 is 2.50 bits per heavy atom. The first-order valence-corrected chi connectivity index (χ1v) is 6.86. The van der Waals surface area contributed by atoms with Crippen LogP contribution in [0.2, 0.25) is 14.4 Å². The molecule has 0 aliphatic carbocycles. The summed E-state index contributed by atoms with van der Waals surface area (Å²) in [5.74, 6) is 6.18. The fraction of sp³-hybridized carbons (Fsp3) is 0.100. The highest BCUT2D eigenvalue weighted by Gasteiger charge is 2.08. The van der Waals surface area contributed by atoms with Gasteiger partial charge in [0.1, 0.15) is 5.82 Å². The molecule has 0 spiro atoms. The number of anilines is 2. The topological polar surface area (TPSA) is 63.0 Å². The van der Waals surface area contributed by atoms with Crippen molar-refractivity contribution < 1.29 is 0 Å². The van der Waals surface area contributed by atoms with Crippen LogP contribution in [-0.2, 0) is 6.54 Å². The predicted molar refractivity (Wildman–Crippen MR) is 78.7 cm³/mol. The average Bonchev–Trinajstić information content (AvgIpc) is 2.74. The summed E-state index contributed by atoms with van der Waals surface area (Å²) >= 11 is 19.3. The molecule has 0 saturated carbocycles. The summed E-state index contributed by atoms with van der Waals surface area (Å²) in [6, 6.07) is 5.36. The van der Waals surface area contributed by atoms with Gasteiger partial charge in [-0.2, -0.15) is 0 Å². The van der Waals surface area contributed by atoms with Crippen LogP contribution >= 0.6 is 46.1 Å². The third-order valence-corrected chi connectivity index (χ3v) is 3.93. The largest absolute Gasteiger partial charge is 0.364 e. The van der Waals surface area contributed by atoms with E-state index < -0.39 is 0 Å². The summed E-state index contributed by atoms with van der Waals surface area (Å²) in [5.41, 5.74) is 2.40. The minimum absolute atomic E-state index is 0.368. The SMILES string of the molecule is NNc1nc(NCc2ccc(Cl)s2)c(Cl)cc1Cl. The maximum Gasteiger partial charge on any atom is 0.161 e. The zero-order valence-corrected chi connectivity index (χ0v) is 12.1. The van der Waals surface area contributed by atoms with E-state index >= 15 is 0 Å². The molecule has 0 bridgehead atoms. The van der Waals surface area contributed by atoms with Gasteiger partial charge in [0.25, 0.3) is 0 Å². The van der Waals surface area contributed by atoms with Gasteiger partial charge in [-0.25, -0.2) is 10.8 Å². The lowest BCUT2D eigenvalue weighted by molar-refractivity contribution is 1.13. The van der Waals surface area contributed by atoms with Gasteiger partial charge in [-0.05, 0) is 18.2 Å². The molecule has 2 heterocycles. The van der Waals surface area contributed by atoms with Crippen LogP contribution in [0.1, 0.15) is 4.88 Å². The summed E-state index contributed by atoms with van der Waals surface area (Å²) in [6.07, 6.45) is 0. The number of nitrogens with one attached hydrogen (secondary N) is 2. The van der Waals surface area contributed by atoms with E-state index in [4.69, 9.17) is 40.6 Å². The highest BCUT2D eigenvalue weighted by atomic mass is 35.5. The smallest absolute Gasteiger partial charge is 0.161 e. The number of halogens is 3. The van der Waals surface area contributed by atoms with Crippen LogP contribution in [0.25, 0.3) is 0 Å². The Labute approximate surface area is 123 Å². The second kappa shape index (κ2) is 5.95. The van der Waals surface area contributed by atoms with E-state index in [-0.39, 0.29) is 0 Å². The van der Waals surface area contributed by atoms with E-state index in [2.05, 4.69) is 15.7 Å². The molecule has 96 valence electrons. The Kier molecular flexibility index (Phi) is 4.53. The Balaban J connectivity index is 2.13. The van der Waals surface area contributed by atoms with Gasteiger partial charge >= 0.3 is 0 Å². The van der Waals surface area contributed by atoms with Crippen LogP contribution in [-0.4, -0.2) is 4.98 Å². The van der Waals surface area contributed by atoms with Crippen molar-refractivity contribution in [1.29, 1.82) is 0 Å². The molecule has 18 heavy (non-hydrogen) atoms. The van der Waals surface area contributed by atoms with E-state index in [1.807, 2.05) is 12.1 Å². The molecule has 0 unspecified atom stereocenters. The molecule has 0 saturated heterocycles. The van der Waals surface area contributed by atoms with Crippen LogP contribution in [0.15, 0.2) is 18.2 Å². The van der Waals surface area contributed by atoms with Crippen LogP contribution in [0.3, 0.4) is 0 Å². The number of nitrogens with zero attached hydrogens (tertiary/aromatic N) is 1. The van der Waals surface area contributed by atoms with E-state index in [0.717, 1.165) is 9.21 Å². The first-order chi connectivity index (χ1) is 8.60. The van der Waals surface area contributed by atoms with Crippen molar-refractivity contribution in [3.8, 4) is 0 Å². The van der Waals surface area contributed by atoms with Gasteiger partial charge in [-0.3, -0.25) is 0 Å². The Bertz CT molecular complexity index is 558. The van der Waals surface area contributed by atoms with Crippen molar-refractivity contribution >= 4 is 57.8 Å². The third kappa shape index (κ3) is 3.18. The van der Waals surface area contributed by atoms with Gasteiger partial charge in [0, 0.05) is 4.88 Å². The van der Waals surface area contributed by atoms with Gasteiger partial charge < -0.3 is 10.7 Å². The number of pyridine rings is 1. The van der Waals surface area contributed by atoms with E-state index in [1.165, 1.54) is 11.3 Å². The van der Waals surface area contributed by atoms with E-state index in [0.29, 0.717) is 28.2 Å². The molecule has 4 nitrogen and oxygen atoms in total. The van der Waals surface area contributed by atoms with Crippen molar-refractivity contribution in [3.63, 3.8) is 0 Å². The summed E-state index contributed by atoms with van der Waals surface area (Å²) in [6.45, 7) is 0.579. The lowest BCUT2D eigenvalue weighted by atomic mass is 10.4. The van der Waals surface area contributed by atoms with Crippen molar-refractivity contribution in [2.75, 3.05) is 10.7 Å². The average molecular weight is 324 g/mol. The molecule has 2 aromatic heterocycles. The van der Waals surface area contributed by atoms with Gasteiger partial charge in [0.15, 0.2) is 5.82 Å². The number of hydrogen-bond acceptors (Lipinski definition) is 5. The molecular formula is C10H9Cl3N4S. The fourth-order valence-corrected chi connectivity index (χ4v) is 2.82. The van der Waals surface area contributed by atoms with Crippen LogP contribution < -0.4 is 16.6 Å². The van der Waals surface area contributed by atoms with E-state index in [9.17, 15) is 0 Å². The molecule has 0 amide bonds. The fourth-order valence-electron chi connectivity index (χ4n) is 1.31. The molecule has 0 fully saturated rings. The Morgan fingerprint density at radius 2 is 1.89 bits per heavy atom. The molecule has 4 N–H and O–H groups in total. The molecule has 8 heteroatoms. The standard InChI is InChI=1S/C10H9Cl3N4S/c11-6-3-7(12)10(17-14)16-9(6)15-4-5-1-2-8(13)18-5/h1-3H,4,14H2,(H2,15,16,17). The first kappa shape index (κ1) is 13.7. The third-order valence-electron chi connectivity index (χ3n) is 2.13. The lowest BCUT2D eigenvalue weighted by Crippen LogP contribution is -2.11. The molecule has 0 aliphatic heterocycles. The number of thiophene rings is 1. The first-order valence-electron chi connectivity index (χ1n) is 4.91. The molecule has 0 atom stereocenters. The van der Waals surface area contributed by atoms with E-state index in [1.54, 1.807) is 6.07 Å². The highest BCUT2D eigenvalue weighted by Crippen LogP contribution is 2.29. The summed E-state index contributed by atoms with van der Waals surface area (Å²) in [4.78, 5) is 5.25. The molecule has 2 aromatic rings. The quantitative estimate of drug-likeness (QED) is 0.588. The van der Waals surface area contributed by atoms with Crippen molar-refractivity contribution in [2.24, 2.45) is 5.84 Å². The van der Waals surface area contributed by atoms with Crippen molar-refractivity contribution in [3.05, 3.63) is 37.5 Å². The molecule has 2 rings (SSSR count). The van der Waals surface area contributed by atoms with Crippen molar-refractivity contribution in [2.45, 2.75) is 6.54 Å². The zero-order chi connectivity index (χ0) is 13.1. The number of hydrogen-bond donors (Lipinski definition) is 3. The number of nitrogen functional groups attached to an aromatic ring is 1. The number of hydrazine groups is 1. The summed E-state index contributed by atoms with van der Waals surface area (Å²) in [5, 5.41) is 3.90. The second-order valence-electron chi connectivity index (χ2n) is 3.35. The maximum atomic E-state index is 6.03. The lowest BCUT2D eigenvalue weighted by Gasteiger charge is -2.09. The maximum absolute atomic E-state index is 6.03. The van der Waals surface area contributed by atoms with Gasteiger partial charge in [0.2, 0.25) is 0 Å². The van der Waals surface area contributed by atoms with Crippen molar-refractivity contribution in [1.82, 2.24) is 4.98 Å². The summed E-state index contributed by atoms with van der Waals surface area (Å²) in [7, 11) is 0. The zero-order valence-electron chi connectivity index (χ0n) is 9.01. The normalized spacial score (nSPS) is 10.4. The second-order valence-corrected chi connectivity index (χ2v) is 5.97. The predicted octanol–water partition coefficient (Wildman–Crippen LogP) is 4.00. The van der Waals surface area contributed by atoms with Crippen LogP contribution in [0, 0.1) is 0 Å². The highest BCUT2D eigenvalue weighted by molar-refractivity contribution is 7.16. The minimum Gasteiger partial charge on any atom is -0.364 e. The van der Waals surface area contributed by atoms with Gasteiger partial charge in [0.05, 0.1) is 20.9 Å². The van der Waals surface area contributed by atoms with Crippen LogP contribution in [0.5, 0.6) is 0 Å². The van der Waals surface area contributed by atoms with Gasteiger partial charge in [-0.15, -0.1) is 11.3 Å². The van der Waals surface area contributed by atoms with Crippen LogP contribution in [0.4, 0.5) is 11.6 Å². The molecule has 0 radical (unpaired) electrons. The number of rotatable bonds is 4. The Morgan fingerprint density at radius 1 is 1.17 bits per heavy atom.